The van der Waals surface area contributed by atoms with Crippen molar-refractivity contribution < 1.29 is 4.79 Å². The summed E-state index contributed by atoms with van der Waals surface area (Å²) in [5, 5.41) is 0. The Kier molecular flexibility index (Phi) is 10.7. The summed E-state index contributed by atoms with van der Waals surface area (Å²) >= 11 is 0. The first-order valence-electron chi connectivity index (χ1n) is 11.5. The fourth-order valence-corrected chi connectivity index (χ4v) is 3.92. The highest BCUT2D eigenvalue weighted by Gasteiger charge is 2.16. The third-order valence-electron chi connectivity index (χ3n) is 5.63. The lowest BCUT2D eigenvalue weighted by molar-refractivity contribution is 0.103. The van der Waals surface area contributed by atoms with Crippen LogP contribution in [-0.4, -0.2) is 5.78 Å². The maximum absolute atomic E-state index is 13.1. The van der Waals surface area contributed by atoms with Crippen LogP contribution in [-0.2, 0) is 12.8 Å². The number of carbonyl (C=O) groups is 1. The maximum atomic E-state index is 13.1. The Bertz CT molecular complexity index is 687. The Morgan fingerprint density at radius 1 is 0.643 bits per heavy atom. The standard InChI is InChI=1S/C27H38O/c1-3-5-7-8-9-10-11-15-21-25-23(17-6-4-2)20-16-22-26(25)27(28)24-18-13-12-14-19-24/h12-14,16,18-20,22H,3-11,15,17,21H2,1-2H3. The van der Waals surface area contributed by atoms with Crippen LogP contribution >= 0.6 is 0 Å². The van der Waals surface area contributed by atoms with Gasteiger partial charge in [-0.05, 0) is 36.8 Å². The lowest BCUT2D eigenvalue weighted by Crippen LogP contribution is -2.08. The fourth-order valence-electron chi connectivity index (χ4n) is 3.92. The molecule has 152 valence electrons. The van der Waals surface area contributed by atoms with Crippen molar-refractivity contribution in [2.45, 2.75) is 90.9 Å². The third-order valence-corrected chi connectivity index (χ3v) is 5.63. The topological polar surface area (TPSA) is 17.1 Å². The second-order valence-electron chi connectivity index (χ2n) is 7.97. The number of hydrogen-bond donors (Lipinski definition) is 0. The summed E-state index contributed by atoms with van der Waals surface area (Å²) in [5.74, 6) is 0.175. The predicted molar refractivity (Wildman–Crippen MR) is 121 cm³/mol. The van der Waals surface area contributed by atoms with Crippen LogP contribution in [0.25, 0.3) is 0 Å². The molecule has 2 aromatic rings. The van der Waals surface area contributed by atoms with Crippen LogP contribution in [0.4, 0.5) is 0 Å². The van der Waals surface area contributed by atoms with Crippen molar-refractivity contribution in [3.05, 3.63) is 70.8 Å². The summed E-state index contributed by atoms with van der Waals surface area (Å²) in [4.78, 5) is 13.1. The predicted octanol–water partition coefficient (Wildman–Crippen LogP) is 7.94. The zero-order chi connectivity index (χ0) is 20.0. The summed E-state index contributed by atoms with van der Waals surface area (Å²) in [6.45, 7) is 4.50. The van der Waals surface area contributed by atoms with E-state index in [1.807, 2.05) is 36.4 Å². The van der Waals surface area contributed by atoms with Crippen LogP contribution in [0.3, 0.4) is 0 Å². The first kappa shape index (κ1) is 22.4. The summed E-state index contributed by atoms with van der Waals surface area (Å²) in [7, 11) is 0. The maximum Gasteiger partial charge on any atom is 0.193 e. The van der Waals surface area contributed by atoms with Gasteiger partial charge >= 0.3 is 0 Å². The van der Waals surface area contributed by atoms with E-state index in [0.29, 0.717) is 0 Å². The minimum atomic E-state index is 0.175. The molecule has 0 N–H and O–H groups in total. The lowest BCUT2D eigenvalue weighted by Gasteiger charge is -2.15. The molecule has 0 spiro atoms. The molecule has 28 heavy (non-hydrogen) atoms. The van der Waals surface area contributed by atoms with Crippen molar-refractivity contribution in [3.8, 4) is 0 Å². The van der Waals surface area contributed by atoms with E-state index in [9.17, 15) is 4.79 Å². The second kappa shape index (κ2) is 13.3. The van der Waals surface area contributed by atoms with E-state index in [1.54, 1.807) is 0 Å². The van der Waals surface area contributed by atoms with Gasteiger partial charge in [-0.1, -0.05) is 114 Å². The molecular weight excluding hydrogens is 340 g/mol. The summed E-state index contributed by atoms with van der Waals surface area (Å²) < 4.78 is 0. The smallest absolute Gasteiger partial charge is 0.193 e. The van der Waals surface area contributed by atoms with Crippen molar-refractivity contribution in [1.29, 1.82) is 0 Å². The van der Waals surface area contributed by atoms with Crippen molar-refractivity contribution in [1.82, 2.24) is 0 Å². The highest BCUT2D eigenvalue weighted by atomic mass is 16.1. The number of aryl methyl sites for hydroxylation is 1. The molecule has 0 amide bonds. The Hall–Kier alpha value is -1.89. The number of hydrogen-bond acceptors (Lipinski definition) is 1. The van der Waals surface area contributed by atoms with E-state index in [0.717, 1.165) is 24.0 Å². The minimum Gasteiger partial charge on any atom is -0.289 e. The van der Waals surface area contributed by atoms with Crippen LogP contribution in [0, 0.1) is 0 Å². The number of unbranched alkanes of at least 4 members (excludes halogenated alkanes) is 8. The Labute approximate surface area is 172 Å². The SMILES string of the molecule is CCCCCCCCCCc1c(CCCC)cccc1C(=O)c1ccccc1. The van der Waals surface area contributed by atoms with Crippen LogP contribution in [0.15, 0.2) is 48.5 Å². The van der Waals surface area contributed by atoms with Gasteiger partial charge in [-0.15, -0.1) is 0 Å². The quantitative estimate of drug-likeness (QED) is 0.241. The molecule has 0 heterocycles. The molecule has 0 aliphatic heterocycles. The zero-order valence-electron chi connectivity index (χ0n) is 18.0. The monoisotopic (exact) mass is 378 g/mol. The van der Waals surface area contributed by atoms with Gasteiger partial charge in [-0.3, -0.25) is 4.79 Å². The highest BCUT2D eigenvalue weighted by Crippen LogP contribution is 2.23. The Morgan fingerprint density at radius 2 is 1.29 bits per heavy atom. The number of rotatable bonds is 14. The van der Waals surface area contributed by atoms with Crippen LogP contribution in [0.5, 0.6) is 0 Å². The number of benzene rings is 2. The van der Waals surface area contributed by atoms with Crippen LogP contribution < -0.4 is 0 Å². The van der Waals surface area contributed by atoms with Gasteiger partial charge < -0.3 is 0 Å². The summed E-state index contributed by atoms with van der Waals surface area (Å²) in [6, 6.07) is 16.1. The molecule has 2 rings (SSSR count). The molecule has 0 aliphatic carbocycles. The molecule has 0 bridgehead atoms. The van der Waals surface area contributed by atoms with Gasteiger partial charge in [0.2, 0.25) is 0 Å². The third kappa shape index (κ3) is 7.26. The van der Waals surface area contributed by atoms with E-state index >= 15 is 0 Å². The Morgan fingerprint density at radius 3 is 1.96 bits per heavy atom. The highest BCUT2D eigenvalue weighted by molar-refractivity contribution is 6.10. The molecule has 1 nitrogen and oxygen atoms in total. The van der Waals surface area contributed by atoms with E-state index in [1.165, 1.54) is 75.3 Å². The number of carbonyl (C=O) groups excluding carboxylic acids is 1. The summed E-state index contributed by atoms with van der Waals surface area (Å²) in [6.07, 6.45) is 15.1. The molecule has 0 atom stereocenters. The second-order valence-corrected chi connectivity index (χ2v) is 7.97. The molecular formula is C27H38O. The molecule has 1 heteroatoms. The van der Waals surface area contributed by atoms with Crippen LogP contribution in [0.1, 0.15) is 105 Å². The normalized spacial score (nSPS) is 10.9. The fraction of sp³-hybridized carbons (Fsp3) is 0.519. The van der Waals surface area contributed by atoms with Gasteiger partial charge in [0.15, 0.2) is 5.78 Å². The molecule has 0 unspecified atom stereocenters. The van der Waals surface area contributed by atoms with E-state index < -0.39 is 0 Å². The largest absolute Gasteiger partial charge is 0.289 e. The van der Waals surface area contributed by atoms with E-state index in [2.05, 4.69) is 26.0 Å². The average molecular weight is 379 g/mol. The molecule has 0 saturated heterocycles. The van der Waals surface area contributed by atoms with Gasteiger partial charge in [0.1, 0.15) is 0 Å². The number of ketones is 1. The van der Waals surface area contributed by atoms with E-state index in [4.69, 9.17) is 0 Å². The summed E-state index contributed by atoms with van der Waals surface area (Å²) in [5.41, 5.74) is 4.40. The van der Waals surface area contributed by atoms with Crippen molar-refractivity contribution in [3.63, 3.8) is 0 Å². The molecule has 0 radical (unpaired) electrons. The molecule has 0 aromatic heterocycles. The van der Waals surface area contributed by atoms with Gasteiger partial charge in [0.05, 0.1) is 0 Å². The van der Waals surface area contributed by atoms with Crippen molar-refractivity contribution in [2.75, 3.05) is 0 Å². The minimum absolute atomic E-state index is 0.175. The van der Waals surface area contributed by atoms with Crippen molar-refractivity contribution in [2.24, 2.45) is 0 Å². The first-order valence-corrected chi connectivity index (χ1v) is 11.5. The van der Waals surface area contributed by atoms with Gasteiger partial charge in [0, 0.05) is 11.1 Å². The molecule has 0 saturated carbocycles. The zero-order valence-corrected chi connectivity index (χ0v) is 18.0. The van der Waals surface area contributed by atoms with E-state index in [-0.39, 0.29) is 5.78 Å². The van der Waals surface area contributed by atoms with Crippen molar-refractivity contribution >= 4 is 5.78 Å². The first-order chi connectivity index (χ1) is 13.8. The Balaban J connectivity index is 2.03. The van der Waals surface area contributed by atoms with Crippen LogP contribution in [0.2, 0.25) is 0 Å². The van der Waals surface area contributed by atoms with Gasteiger partial charge in [-0.25, -0.2) is 0 Å². The molecule has 2 aromatic carbocycles. The average Bonchev–Trinajstić information content (AvgIpc) is 2.74. The lowest BCUT2D eigenvalue weighted by atomic mass is 9.89. The van der Waals surface area contributed by atoms with Gasteiger partial charge in [0.25, 0.3) is 0 Å². The molecule has 0 aliphatic rings. The van der Waals surface area contributed by atoms with Gasteiger partial charge in [-0.2, -0.15) is 0 Å². The molecule has 0 fully saturated rings.